The molecule has 2 heteroatoms. The van der Waals surface area contributed by atoms with Crippen LogP contribution in [0.25, 0.3) is 21.5 Å². The maximum Gasteiger partial charge on any atom is 0.0889 e. The lowest BCUT2D eigenvalue weighted by Gasteiger charge is -2.16. The van der Waals surface area contributed by atoms with Crippen LogP contribution in [0.5, 0.6) is 0 Å². The Morgan fingerprint density at radius 3 is 1.41 bits per heavy atom. The highest BCUT2D eigenvalue weighted by molar-refractivity contribution is 7.68. The molecule has 4 aromatic carbocycles. The quantitative estimate of drug-likeness (QED) is 0.546. The van der Waals surface area contributed by atoms with Crippen LogP contribution in [0.15, 0.2) is 84.9 Å². The van der Waals surface area contributed by atoms with Crippen LogP contribution in [0.2, 0.25) is 0 Å². The maximum atomic E-state index is 11.1. The molecule has 0 aliphatic rings. The molecule has 0 saturated carbocycles. The van der Waals surface area contributed by atoms with E-state index in [9.17, 15) is 4.89 Å². The third-order valence-electron chi connectivity index (χ3n) is 3.99. The summed E-state index contributed by atoms with van der Waals surface area (Å²) in [6.07, 6.45) is 0. The normalized spacial score (nSPS) is 11.4. The van der Waals surface area contributed by atoms with E-state index in [2.05, 4.69) is 36.4 Å². The number of fused-ring (bicyclic) bond motifs is 2. The predicted molar refractivity (Wildman–Crippen MR) is 96.3 cm³/mol. The average Bonchev–Trinajstić information content (AvgIpc) is 2.60. The van der Waals surface area contributed by atoms with Gasteiger partial charge in [-0.15, -0.1) is 0 Å². The van der Waals surface area contributed by atoms with Crippen LogP contribution in [0.1, 0.15) is 0 Å². The van der Waals surface area contributed by atoms with Crippen LogP contribution in [0, 0.1) is 0 Å². The number of benzene rings is 4. The zero-order chi connectivity index (χ0) is 14.9. The van der Waals surface area contributed by atoms with Gasteiger partial charge in [-0.1, -0.05) is 84.9 Å². The Morgan fingerprint density at radius 1 is 0.500 bits per heavy atom. The molecule has 0 aliphatic carbocycles. The molecule has 0 atom stereocenters. The van der Waals surface area contributed by atoms with Gasteiger partial charge in [-0.2, -0.15) is 0 Å². The van der Waals surface area contributed by atoms with Crippen molar-refractivity contribution in [2.75, 3.05) is 0 Å². The molecule has 4 rings (SSSR count). The Kier molecular flexibility index (Phi) is 3.38. The molecule has 1 N–H and O–H groups in total. The first-order valence-corrected chi connectivity index (χ1v) is 8.58. The van der Waals surface area contributed by atoms with Crippen LogP contribution in [0.4, 0.5) is 0 Å². The van der Waals surface area contributed by atoms with E-state index in [-0.39, 0.29) is 0 Å². The molecule has 0 bridgehead atoms. The van der Waals surface area contributed by atoms with E-state index in [0.29, 0.717) is 0 Å². The van der Waals surface area contributed by atoms with Crippen molar-refractivity contribution in [3.8, 4) is 0 Å². The van der Waals surface area contributed by atoms with Gasteiger partial charge in [0, 0.05) is 10.6 Å². The first-order chi connectivity index (χ1) is 10.8. The molecule has 0 fully saturated rings. The molecule has 4 aromatic rings. The van der Waals surface area contributed by atoms with Gasteiger partial charge in [0.1, 0.15) is 0 Å². The summed E-state index contributed by atoms with van der Waals surface area (Å²) in [5, 5.41) is 6.63. The van der Waals surface area contributed by atoms with Gasteiger partial charge < -0.3 is 4.89 Å². The smallest absolute Gasteiger partial charge is 0.0889 e. The minimum Gasteiger partial charge on any atom is -0.364 e. The lowest BCUT2D eigenvalue weighted by Crippen LogP contribution is -2.13. The summed E-state index contributed by atoms with van der Waals surface area (Å²) >= 11 is 0. The average molecular weight is 302 g/mol. The Morgan fingerprint density at radius 2 is 0.909 bits per heavy atom. The summed E-state index contributed by atoms with van der Waals surface area (Å²) in [7, 11) is -1.37. The topological polar surface area (TPSA) is 20.2 Å². The van der Waals surface area contributed by atoms with Crippen LogP contribution >= 0.6 is 8.15 Å². The second-order valence-electron chi connectivity index (χ2n) is 5.31. The summed E-state index contributed by atoms with van der Waals surface area (Å²) in [6.45, 7) is 0. The molecule has 106 valence electrons. The van der Waals surface area contributed by atoms with Gasteiger partial charge in [0.25, 0.3) is 0 Å². The molecule has 0 saturated heterocycles. The van der Waals surface area contributed by atoms with Gasteiger partial charge in [0.05, 0.1) is 8.15 Å². The Bertz CT molecular complexity index is 872. The van der Waals surface area contributed by atoms with Crippen LogP contribution in [-0.2, 0) is 0 Å². The van der Waals surface area contributed by atoms with Crippen molar-refractivity contribution in [3.05, 3.63) is 84.9 Å². The fourth-order valence-electron chi connectivity index (χ4n) is 2.92. The van der Waals surface area contributed by atoms with Crippen molar-refractivity contribution in [2.45, 2.75) is 0 Å². The molecule has 0 heterocycles. The van der Waals surface area contributed by atoms with Gasteiger partial charge in [-0.25, -0.2) is 0 Å². The van der Waals surface area contributed by atoms with Crippen molar-refractivity contribution >= 4 is 40.3 Å². The monoisotopic (exact) mass is 302 g/mol. The third-order valence-corrected chi connectivity index (χ3v) is 5.68. The van der Waals surface area contributed by atoms with Crippen molar-refractivity contribution in [2.24, 2.45) is 0 Å². The first kappa shape index (κ1) is 13.5. The van der Waals surface area contributed by atoms with Gasteiger partial charge in [0.2, 0.25) is 0 Å². The van der Waals surface area contributed by atoms with E-state index in [1.807, 2.05) is 48.5 Å². The van der Waals surface area contributed by atoms with Crippen LogP contribution < -0.4 is 10.6 Å². The fourth-order valence-corrected chi connectivity index (χ4v) is 4.49. The molecule has 0 spiro atoms. The molecule has 0 radical (unpaired) electrons. The lowest BCUT2D eigenvalue weighted by atomic mass is 10.1. The van der Waals surface area contributed by atoms with Gasteiger partial charge in [-0.3, -0.25) is 0 Å². The highest BCUT2D eigenvalue weighted by Gasteiger charge is 2.16. The predicted octanol–water partition coefficient (Wildman–Crippen LogP) is 4.33. The molecule has 22 heavy (non-hydrogen) atoms. The Hall–Kier alpha value is -2.21. The fraction of sp³-hybridized carbons (Fsp3) is 0. The van der Waals surface area contributed by atoms with Crippen molar-refractivity contribution in [3.63, 3.8) is 0 Å². The van der Waals surface area contributed by atoms with Gasteiger partial charge >= 0.3 is 0 Å². The van der Waals surface area contributed by atoms with Crippen LogP contribution in [0.3, 0.4) is 0 Å². The number of hydrogen-bond acceptors (Lipinski definition) is 1. The summed E-state index contributed by atoms with van der Waals surface area (Å²) in [6, 6.07) is 28.8. The Labute approximate surface area is 130 Å². The summed E-state index contributed by atoms with van der Waals surface area (Å²) in [5.41, 5.74) is 0. The second kappa shape index (κ2) is 5.53. The minimum atomic E-state index is -1.37. The highest BCUT2D eigenvalue weighted by Crippen LogP contribution is 2.34. The van der Waals surface area contributed by atoms with Gasteiger partial charge in [-0.05, 0) is 21.5 Å². The van der Waals surface area contributed by atoms with E-state index in [1.54, 1.807) is 0 Å². The molecular formula is C20H15OP. The maximum absolute atomic E-state index is 11.1. The second-order valence-corrected chi connectivity index (χ2v) is 6.90. The van der Waals surface area contributed by atoms with E-state index in [4.69, 9.17) is 0 Å². The highest BCUT2D eigenvalue weighted by atomic mass is 31.1. The van der Waals surface area contributed by atoms with Crippen LogP contribution in [-0.4, -0.2) is 4.89 Å². The first-order valence-electron chi connectivity index (χ1n) is 7.29. The Balaban J connectivity index is 1.94. The summed E-state index contributed by atoms with van der Waals surface area (Å²) < 4.78 is 0. The zero-order valence-corrected chi connectivity index (χ0v) is 12.9. The molecular weight excluding hydrogens is 287 g/mol. The van der Waals surface area contributed by atoms with Crippen molar-refractivity contribution < 1.29 is 4.89 Å². The van der Waals surface area contributed by atoms with E-state index >= 15 is 0 Å². The minimum absolute atomic E-state index is 1.02. The van der Waals surface area contributed by atoms with E-state index < -0.39 is 8.15 Å². The van der Waals surface area contributed by atoms with E-state index in [1.165, 1.54) is 10.8 Å². The standard InChI is InChI=1S/C20H15OP/c21-22(19-13-5-9-15-7-1-3-11-17(15)19)20-14-6-10-16-8-2-4-12-18(16)20/h1-14,21H. The summed E-state index contributed by atoms with van der Waals surface area (Å²) in [5.74, 6) is 0. The largest absolute Gasteiger partial charge is 0.364 e. The van der Waals surface area contributed by atoms with Crippen molar-refractivity contribution in [1.29, 1.82) is 0 Å². The molecule has 0 unspecified atom stereocenters. The number of rotatable bonds is 2. The lowest BCUT2D eigenvalue weighted by molar-refractivity contribution is 0.645. The van der Waals surface area contributed by atoms with Gasteiger partial charge in [0.15, 0.2) is 0 Å². The molecule has 0 aromatic heterocycles. The zero-order valence-electron chi connectivity index (χ0n) is 12.0. The third kappa shape index (κ3) is 2.20. The van der Waals surface area contributed by atoms with E-state index in [0.717, 1.165) is 21.4 Å². The molecule has 0 amide bonds. The SMILES string of the molecule is OP(c1cccc2ccccc12)c1cccc2ccccc12. The summed E-state index contributed by atoms with van der Waals surface area (Å²) in [4.78, 5) is 11.1. The van der Waals surface area contributed by atoms with Crippen molar-refractivity contribution in [1.82, 2.24) is 0 Å². The number of hydrogen-bond donors (Lipinski definition) is 1. The molecule has 1 nitrogen and oxygen atoms in total. The molecule has 0 aliphatic heterocycles.